The van der Waals surface area contributed by atoms with Gasteiger partial charge >= 0.3 is 0 Å². The van der Waals surface area contributed by atoms with Gasteiger partial charge in [0.1, 0.15) is 5.75 Å². The number of ether oxygens (including phenoxy) is 1. The fourth-order valence-corrected chi connectivity index (χ4v) is 2.07. The normalized spacial score (nSPS) is 10.6. The number of hydrogen-bond acceptors (Lipinski definition) is 2. The molecule has 0 aromatic heterocycles. The number of rotatable bonds is 9. The number of aryl methyl sites for hydroxylation is 1. The maximum Gasteiger partial charge on any atom is 0.122 e. The van der Waals surface area contributed by atoms with Gasteiger partial charge < -0.3 is 10.1 Å². The monoisotopic (exact) mass is 269 g/mol. The molecule has 1 aromatic rings. The average molecular weight is 270 g/mol. The summed E-state index contributed by atoms with van der Waals surface area (Å²) in [5.41, 5.74) is 1.11. The standard InChI is InChI=1S/C15H24ClNO/c1-3-17-10-6-4-5-7-11-18-15-9-8-14(16)12-13(15)2/h8-9,12,17H,3-7,10-11H2,1-2H3. The van der Waals surface area contributed by atoms with Gasteiger partial charge in [0, 0.05) is 5.02 Å². The number of unbranched alkanes of at least 4 members (excludes halogenated alkanes) is 3. The summed E-state index contributed by atoms with van der Waals surface area (Å²) < 4.78 is 5.75. The minimum Gasteiger partial charge on any atom is -0.493 e. The third-order valence-electron chi connectivity index (χ3n) is 2.89. The predicted molar refractivity (Wildman–Crippen MR) is 78.7 cm³/mol. The van der Waals surface area contributed by atoms with E-state index in [0.29, 0.717) is 0 Å². The molecule has 0 fully saturated rings. The summed E-state index contributed by atoms with van der Waals surface area (Å²) in [7, 11) is 0. The van der Waals surface area contributed by atoms with Crippen LogP contribution in [0.15, 0.2) is 18.2 Å². The zero-order valence-electron chi connectivity index (χ0n) is 11.5. The topological polar surface area (TPSA) is 21.3 Å². The van der Waals surface area contributed by atoms with Crippen LogP contribution in [0.3, 0.4) is 0 Å². The highest BCUT2D eigenvalue weighted by atomic mass is 35.5. The zero-order valence-corrected chi connectivity index (χ0v) is 12.2. The molecule has 0 heterocycles. The average Bonchev–Trinajstić information content (AvgIpc) is 2.35. The fourth-order valence-electron chi connectivity index (χ4n) is 1.84. The Morgan fingerprint density at radius 1 is 1.17 bits per heavy atom. The molecule has 0 aliphatic carbocycles. The van der Waals surface area contributed by atoms with Gasteiger partial charge in [0.05, 0.1) is 6.61 Å². The molecule has 0 saturated carbocycles. The van der Waals surface area contributed by atoms with E-state index in [1.807, 2.05) is 25.1 Å². The number of nitrogens with one attached hydrogen (secondary N) is 1. The predicted octanol–water partition coefficient (Wildman–Crippen LogP) is 4.20. The van der Waals surface area contributed by atoms with E-state index in [1.54, 1.807) is 0 Å². The van der Waals surface area contributed by atoms with Gasteiger partial charge in [-0.3, -0.25) is 0 Å². The lowest BCUT2D eigenvalue weighted by atomic mass is 10.2. The Bertz CT molecular complexity index is 341. The van der Waals surface area contributed by atoms with Crippen LogP contribution in [0.5, 0.6) is 5.75 Å². The molecule has 0 unspecified atom stereocenters. The Morgan fingerprint density at radius 2 is 1.94 bits per heavy atom. The van der Waals surface area contributed by atoms with Crippen LogP contribution in [-0.2, 0) is 0 Å². The molecule has 1 aromatic carbocycles. The van der Waals surface area contributed by atoms with E-state index >= 15 is 0 Å². The lowest BCUT2D eigenvalue weighted by Gasteiger charge is -2.09. The van der Waals surface area contributed by atoms with Crippen LogP contribution in [0.1, 0.15) is 38.2 Å². The molecule has 102 valence electrons. The highest BCUT2D eigenvalue weighted by Crippen LogP contribution is 2.21. The van der Waals surface area contributed by atoms with Gasteiger partial charge in [-0.25, -0.2) is 0 Å². The molecule has 0 atom stereocenters. The molecule has 3 heteroatoms. The van der Waals surface area contributed by atoms with Gasteiger partial charge in [-0.05, 0) is 56.6 Å². The lowest BCUT2D eigenvalue weighted by Crippen LogP contribution is -2.13. The second-order valence-corrected chi connectivity index (χ2v) is 4.96. The van der Waals surface area contributed by atoms with Gasteiger partial charge in [-0.1, -0.05) is 31.4 Å². The number of halogens is 1. The molecular weight excluding hydrogens is 246 g/mol. The quantitative estimate of drug-likeness (QED) is 0.679. The highest BCUT2D eigenvalue weighted by molar-refractivity contribution is 6.30. The van der Waals surface area contributed by atoms with E-state index < -0.39 is 0 Å². The van der Waals surface area contributed by atoms with Gasteiger partial charge in [0.25, 0.3) is 0 Å². The van der Waals surface area contributed by atoms with E-state index in [9.17, 15) is 0 Å². The van der Waals surface area contributed by atoms with E-state index in [4.69, 9.17) is 16.3 Å². The van der Waals surface area contributed by atoms with Crippen molar-refractivity contribution in [3.63, 3.8) is 0 Å². The smallest absolute Gasteiger partial charge is 0.122 e. The summed E-state index contributed by atoms with van der Waals surface area (Å²) >= 11 is 5.90. The summed E-state index contributed by atoms with van der Waals surface area (Å²) in [4.78, 5) is 0. The van der Waals surface area contributed by atoms with Crippen LogP contribution in [0.2, 0.25) is 5.02 Å². The van der Waals surface area contributed by atoms with Gasteiger partial charge in [-0.15, -0.1) is 0 Å². The Labute approximate surface area is 116 Å². The molecule has 1 N–H and O–H groups in total. The maximum absolute atomic E-state index is 5.90. The fraction of sp³-hybridized carbons (Fsp3) is 0.600. The Kier molecular flexibility index (Phi) is 7.86. The van der Waals surface area contributed by atoms with Crippen molar-refractivity contribution >= 4 is 11.6 Å². The molecular formula is C15H24ClNO. The summed E-state index contributed by atoms with van der Waals surface area (Å²) in [6.07, 6.45) is 4.88. The summed E-state index contributed by atoms with van der Waals surface area (Å²) in [5, 5.41) is 4.10. The second-order valence-electron chi connectivity index (χ2n) is 4.53. The van der Waals surface area contributed by atoms with Crippen molar-refractivity contribution in [2.24, 2.45) is 0 Å². The summed E-state index contributed by atoms with van der Waals surface area (Å²) in [5.74, 6) is 0.951. The molecule has 0 radical (unpaired) electrons. The molecule has 1 rings (SSSR count). The molecule has 0 aliphatic rings. The lowest BCUT2D eigenvalue weighted by molar-refractivity contribution is 0.302. The Balaban J connectivity index is 2.07. The van der Waals surface area contributed by atoms with E-state index in [-0.39, 0.29) is 0 Å². The first kappa shape index (κ1) is 15.3. The summed E-state index contributed by atoms with van der Waals surface area (Å²) in [6, 6.07) is 5.76. The largest absolute Gasteiger partial charge is 0.493 e. The minimum absolute atomic E-state index is 0.767. The third kappa shape index (κ3) is 6.27. The van der Waals surface area contributed by atoms with E-state index in [1.165, 1.54) is 19.3 Å². The molecule has 18 heavy (non-hydrogen) atoms. The summed E-state index contributed by atoms with van der Waals surface area (Å²) in [6.45, 7) is 7.16. The first-order chi connectivity index (χ1) is 8.74. The zero-order chi connectivity index (χ0) is 13.2. The third-order valence-corrected chi connectivity index (χ3v) is 3.13. The van der Waals surface area contributed by atoms with Crippen LogP contribution in [0.4, 0.5) is 0 Å². The van der Waals surface area contributed by atoms with Gasteiger partial charge in [-0.2, -0.15) is 0 Å². The maximum atomic E-state index is 5.90. The molecule has 0 aliphatic heterocycles. The van der Waals surface area contributed by atoms with Crippen molar-refractivity contribution in [3.8, 4) is 5.75 Å². The number of hydrogen-bond donors (Lipinski definition) is 1. The van der Waals surface area contributed by atoms with Crippen molar-refractivity contribution in [2.45, 2.75) is 39.5 Å². The van der Waals surface area contributed by atoms with Gasteiger partial charge in [0.15, 0.2) is 0 Å². The molecule has 0 saturated heterocycles. The van der Waals surface area contributed by atoms with Crippen LogP contribution in [-0.4, -0.2) is 19.7 Å². The van der Waals surface area contributed by atoms with Crippen LogP contribution in [0, 0.1) is 6.92 Å². The Morgan fingerprint density at radius 3 is 2.67 bits per heavy atom. The first-order valence-corrected chi connectivity index (χ1v) is 7.21. The van der Waals surface area contributed by atoms with Crippen molar-refractivity contribution in [1.82, 2.24) is 5.32 Å². The van der Waals surface area contributed by atoms with Gasteiger partial charge in [0.2, 0.25) is 0 Å². The molecule has 0 bridgehead atoms. The van der Waals surface area contributed by atoms with Crippen molar-refractivity contribution in [3.05, 3.63) is 28.8 Å². The minimum atomic E-state index is 0.767. The molecule has 0 amide bonds. The van der Waals surface area contributed by atoms with Crippen LogP contribution < -0.4 is 10.1 Å². The van der Waals surface area contributed by atoms with E-state index in [0.717, 1.165) is 42.5 Å². The first-order valence-electron chi connectivity index (χ1n) is 6.83. The van der Waals surface area contributed by atoms with E-state index in [2.05, 4.69) is 12.2 Å². The van der Waals surface area contributed by atoms with Crippen LogP contribution >= 0.6 is 11.6 Å². The highest BCUT2D eigenvalue weighted by Gasteiger charge is 1.99. The van der Waals surface area contributed by atoms with Crippen LogP contribution in [0.25, 0.3) is 0 Å². The number of benzene rings is 1. The SMILES string of the molecule is CCNCCCCCCOc1ccc(Cl)cc1C. The molecule has 2 nitrogen and oxygen atoms in total. The van der Waals surface area contributed by atoms with Crippen molar-refractivity contribution < 1.29 is 4.74 Å². The Hall–Kier alpha value is -0.730. The second kappa shape index (κ2) is 9.23. The van der Waals surface area contributed by atoms with Crippen molar-refractivity contribution in [2.75, 3.05) is 19.7 Å². The van der Waals surface area contributed by atoms with Crippen molar-refractivity contribution in [1.29, 1.82) is 0 Å². The molecule has 0 spiro atoms.